The van der Waals surface area contributed by atoms with Crippen LogP contribution in [0.3, 0.4) is 0 Å². The molecule has 0 aliphatic carbocycles. The van der Waals surface area contributed by atoms with Crippen LogP contribution >= 0.6 is 0 Å². The summed E-state index contributed by atoms with van der Waals surface area (Å²) in [6.45, 7) is 4.41. The van der Waals surface area contributed by atoms with E-state index in [9.17, 15) is 13.2 Å². The molecule has 0 aromatic carbocycles. The lowest BCUT2D eigenvalue weighted by Crippen LogP contribution is -2.41. The van der Waals surface area contributed by atoms with Gasteiger partial charge in [-0.2, -0.15) is 0 Å². The molecule has 0 N–H and O–H groups in total. The lowest BCUT2D eigenvalue weighted by molar-refractivity contribution is -0.137. The van der Waals surface area contributed by atoms with E-state index in [1.165, 1.54) is 6.26 Å². The Morgan fingerprint density at radius 2 is 1.57 bits per heavy atom. The van der Waals surface area contributed by atoms with Crippen LogP contribution < -0.4 is 0 Å². The van der Waals surface area contributed by atoms with Gasteiger partial charge in [-0.15, -0.1) is 0 Å². The predicted octanol–water partition coefficient (Wildman–Crippen LogP) is 0.933. The third kappa shape index (κ3) is 4.06. The molecule has 1 atom stereocenters. The molecule has 3 aliphatic rings. The zero-order valence-corrected chi connectivity index (χ0v) is 14.8. The van der Waals surface area contributed by atoms with Crippen molar-refractivity contribution in [1.29, 1.82) is 0 Å². The summed E-state index contributed by atoms with van der Waals surface area (Å²) in [4.78, 5) is 14.6. The van der Waals surface area contributed by atoms with Crippen LogP contribution in [0.15, 0.2) is 0 Å². The average molecular weight is 344 g/mol. The van der Waals surface area contributed by atoms with Crippen LogP contribution in [0.1, 0.15) is 32.1 Å². The number of amides is 1. The number of hydrogen-bond acceptors (Lipinski definition) is 4. The van der Waals surface area contributed by atoms with Crippen molar-refractivity contribution in [2.24, 2.45) is 17.8 Å². The Labute approximate surface area is 139 Å². The second-order valence-electron chi connectivity index (χ2n) is 7.22. The predicted molar refractivity (Wildman–Crippen MR) is 87.4 cm³/mol. The first-order valence-electron chi connectivity index (χ1n) is 8.77. The summed E-state index contributed by atoms with van der Waals surface area (Å²) in [6, 6.07) is 0. The lowest BCUT2D eigenvalue weighted by atomic mass is 9.84. The van der Waals surface area contributed by atoms with E-state index >= 15 is 0 Å². The van der Waals surface area contributed by atoms with Crippen LogP contribution in [-0.2, 0) is 19.6 Å². The minimum absolute atomic E-state index is 0.148. The molecule has 0 saturated carbocycles. The van der Waals surface area contributed by atoms with Crippen molar-refractivity contribution in [3.8, 4) is 0 Å². The molecular weight excluding hydrogens is 316 g/mol. The molecule has 3 rings (SSSR count). The van der Waals surface area contributed by atoms with Gasteiger partial charge in [-0.3, -0.25) is 4.79 Å². The van der Waals surface area contributed by atoms with E-state index in [2.05, 4.69) is 0 Å². The standard InChI is InChI=1S/C16H28N2O4S/c1-23(20,21)18-8-3-13(4-9-18)15-2-7-17(12-15)16(19)14-5-10-22-11-6-14/h13-15H,2-12H2,1H3. The molecule has 3 heterocycles. The van der Waals surface area contributed by atoms with Gasteiger partial charge in [0.05, 0.1) is 6.26 Å². The van der Waals surface area contributed by atoms with Crippen molar-refractivity contribution in [3.63, 3.8) is 0 Å². The van der Waals surface area contributed by atoms with Gasteiger partial charge in [0, 0.05) is 45.3 Å². The molecule has 0 bridgehead atoms. The molecule has 23 heavy (non-hydrogen) atoms. The molecule has 1 amide bonds. The molecule has 7 heteroatoms. The van der Waals surface area contributed by atoms with E-state index in [0.717, 1.165) is 45.2 Å². The van der Waals surface area contributed by atoms with Crippen molar-refractivity contribution >= 4 is 15.9 Å². The topological polar surface area (TPSA) is 66.9 Å². The van der Waals surface area contributed by atoms with Crippen LogP contribution in [0.25, 0.3) is 0 Å². The van der Waals surface area contributed by atoms with Gasteiger partial charge in [-0.1, -0.05) is 0 Å². The van der Waals surface area contributed by atoms with Gasteiger partial charge in [0.2, 0.25) is 15.9 Å². The summed E-state index contributed by atoms with van der Waals surface area (Å²) in [7, 11) is -3.05. The van der Waals surface area contributed by atoms with E-state index in [4.69, 9.17) is 4.74 Å². The summed E-state index contributed by atoms with van der Waals surface area (Å²) in [5.74, 6) is 1.56. The van der Waals surface area contributed by atoms with Crippen LogP contribution in [0.5, 0.6) is 0 Å². The maximum Gasteiger partial charge on any atom is 0.225 e. The third-order valence-corrected chi connectivity index (χ3v) is 7.04. The Morgan fingerprint density at radius 3 is 2.17 bits per heavy atom. The highest BCUT2D eigenvalue weighted by molar-refractivity contribution is 7.88. The fourth-order valence-electron chi connectivity index (χ4n) is 4.25. The highest BCUT2D eigenvalue weighted by Crippen LogP contribution is 2.33. The molecule has 6 nitrogen and oxygen atoms in total. The van der Waals surface area contributed by atoms with Gasteiger partial charge < -0.3 is 9.64 Å². The Hall–Kier alpha value is -0.660. The zero-order valence-electron chi connectivity index (χ0n) is 13.9. The highest BCUT2D eigenvalue weighted by Gasteiger charge is 2.37. The van der Waals surface area contributed by atoms with Gasteiger partial charge in [0.25, 0.3) is 0 Å². The van der Waals surface area contributed by atoms with E-state index in [0.29, 0.717) is 44.0 Å². The minimum Gasteiger partial charge on any atom is -0.381 e. The molecule has 3 fully saturated rings. The molecule has 3 saturated heterocycles. The van der Waals surface area contributed by atoms with Gasteiger partial charge in [0.1, 0.15) is 0 Å². The van der Waals surface area contributed by atoms with Gasteiger partial charge in [0.15, 0.2) is 0 Å². The molecular formula is C16H28N2O4S. The number of carbonyl (C=O) groups is 1. The van der Waals surface area contributed by atoms with E-state index in [1.54, 1.807) is 4.31 Å². The number of sulfonamides is 1. The van der Waals surface area contributed by atoms with Crippen molar-refractivity contribution in [3.05, 3.63) is 0 Å². The number of likely N-dealkylation sites (tertiary alicyclic amines) is 1. The second-order valence-corrected chi connectivity index (χ2v) is 9.20. The Balaban J connectivity index is 1.49. The normalized spacial score (nSPS) is 29.1. The first kappa shape index (κ1) is 17.2. The summed E-state index contributed by atoms with van der Waals surface area (Å²) in [5, 5.41) is 0. The number of piperidine rings is 1. The first-order valence-corrected chi connectivity index (χ1v) is 10.6. The molecule has 0 aromatic heterocycles. The zero-order chi connectivity index (χ0) is 16.4. The number of hydrogen-bond donors (Lipinski definition) is 0. The van der Waals surface area contributed by atoms with Crippen LogP contribution in [0, 0.1) is 17.8 Å². The quantitative estimate of drug-likeness (QED) is 0.764. The Morgan fingerprint density at radius 1 is 0.957 bits per heavy atom. The van der Waals surface area contributed by atoms with Crippen LogP contribution in [0.2, 0.25) is 0 Å². The molecule has 0 spiro atoms. The lowest BCUT2D eigenvalue weighted by Gasteiger charge is -2.33. The Kier molecular flexibility index (Phi) is 5.28. The number of nitrogens with zero attached hydrogens (tertiary/aromatic N) is 2. The van der Waals surface area contributed by atoms with E-state index in [1.807, 2.05) is 4.90 Å². The second kappa shape index (κ2) is 7.07. The summed E-state index contributed by atoms with van der Waals surface area (Å²) in [5.41, 5.74) is 0. The number of ether oxygens (including phenoxy) is 1. The third-order valence-electron chi connectivity index (χ3n) is 5.74. The highest BCUT2D eigenvalue weighted by atomic mass is 32.2. The van der Waals surface area contributed by atoms with E-state index < -0.39 is 10.0 Å². The fourth-order valence-corrected chi connectivity index (χ4v) is 5.13. The minimum atomic E-state index is -3.05. The van der Waals surface area contributed by atoms with Gasteiger partial charge in [-0.25, -0.2) is 12.7 Å². The van der Waals surface area contributed by atoms with Crippen LogP contribution in [-0.4, -0.2) is 69.2 Å². The SMILES string of the molecule is CS(=O)(=O)N1CCC(C2CCN(C(=O)C3CCOCC3)C2)CC1. The van der Waals surface area contributed by atoms with E-state index in [-0.39, 0.29) is 5.92 Å². The maximum atomic E-state index is 12.6. The van der Waals surface area contributed by atoms with Crippen molar-refractivity contribution < 1.29 is 17.9 Å². The summed E-state index contributed by atoms with van der Waals surface area (Å²) in [6.07, 6.45) is 5.92. The number of rotatable bonds is 3. The summed E-state index contributed by atoms with van der Waals surface area (Å²) >= 11 is 0. The first-order chi connectivity index (χ1) is 10.9. The van der Waals surface area contributed by atoms with Crippen molar-refractivity contribution in [1.82, 2.24) is 9.21 Å². The molecule has 0 radical (unpaired) electrons. The maximum absolute atomic E-state index is 12.6. The molecule has 1 unspecified atom stereocenters. The monoisotopic (exact) mass is 344 g/mol. The largest absolute Gasteiger partial charge is 0.381 e. The molecule has 0 aromatic rings. The van der Waals surface area contributed by atoms with Gasteiger partial charge in [-0.05, 0) is 43.9 Å². The Bertz CT molecular complexity index is 522. The van der Waals surface area contributed by atoms with Gasteiger partial charge >= 0.3 is 0 Å². The van der Waals surface area contributed by atoms with Crippen LogP contribution in [0.4, 0.5) is 0 Å². The van der Waals surface area contributed by atoms with Crippen molar-refractivity contribution in [2.75, 3.05) is 45.6 Å². The average Bonchev–Trinajstić information content (AvgIpc) is 3.04. The molecule has 132 valence electrons. The smallest absolute Gasteiger partial charge is 0.225 e. The summed E-state index contributed by atoms with van der Waals surface area (Å²) < 4.78 is 30.1. The molecule has 3 aliphatic heterocycles. The number of carbonyl (C=O) groups excluding carboxylic acids is 1. The van der Waals surface area contributed by atoms with Crippen molar-refractivity contribution in [2.45, 2.75) is 32.1 Å². The fraction of sp³-hybridized carbons (Fsp3) is 0.938.